The van der Waals surface area contributed by atoms with E-state index in [-0.39, 0.29) is 11.7 Å². The van der Waals surface area contributed by atoms with Gasteiger partial charge in [0.05, 0.1) is 25.5 Å². The highest BCUT2D eigenvalue weighted by Crippen LogP contribution is 2.36. The summed E-state index contributed by atoms with van der Waals surface area (Å²) in [5, 5.41) is 38.1. The Bertz CT molecular complexity index is 1530. The SMILES string of the molecule is COc1ccc2c(c1)c(CN1CCC(NC(C)=O)(c3ccccc3F)CC1)cn2C(C)C.O=C(O)CC(O)(CC(=O)O)C(=O)O. The van der Waals surface area contributed by atoms with E-state index in [4.69, 9.17) is 25.2 Å². The number of benzene rings is 2. The van der Waals surface area contributed by atoms with Crippen molar-refractivity contribution in [2.24, 2.45) is 0 Å². The van der Waals surface area contributed by atoms with Crippen molar-refractivity contribution in [2.75, 3.05) is 20.2 Å². The normalized spacial score (nSPS) is 14.8. The molecule has 1 aliphatic rings. The second-order valence-electron chi connectivity index (χ2n) is 11.5. The molecule has 0 atom stereocenters. The number of carboxylic acids is 3. The first-order valence-corrected chi connectivity index (χ1v) is 14.4. The molecule has 13 heteroatoms. The van der Waals surface area contributed by atoms with Crippen LogP contribution < -0.4 is 10.1 Å². The second-order valence-corrected chi connectivity index (χ2v) is 11.5. The molecule has 1 aliphatic heterocycles. The number of hydrogen-bond acceptors (Lipinski definition) is 7. The molecular weight excluding hydrogens is 589 g/mol. The molecule has 1 amide bonds. The molecule has 0 bridgehead atoms. The van der Waals surface area contributed by atoms with Crippen molar-refractivity contribution >= 4 is 34.7 Å². The minimum Gasteiger partial charge on any atom is -0.497 e. The van der Waals surface area contributed by atoms with Crippen molar-refractivity contribution in [1.82, 2.24) is 14.8 Å². The number of aliphatic hydroxyl groups is 1. The topological polar surface area (TPSA) is 179 Å². The fourth-order valence-electron chi connectivity index (χ4n) is 5.68. The van der Waals surface area contributed by atoms with Crippen LogP contribution in [0.5, 0.6) is 5.75 Å². The summed E-state index contributed by atoms with van der Waals surface area (Å²) < 4.78 is 22.4. The van der Waals surface area contributed by atoms with Gasteiger partial charge in [-0.2, -0.15) is 0 Å². The summed E-state index contributed by atoms with van der Waals surface area (Å²) in [7, 11) is 1.69. The van der Waals surface area contributed by atoms with Gasteiger partial charge in [0.15, 0.2) is 5.60 Å². The summed E-state index contributed by atoms with van der Waals surface area (Å²) in [6, 6.07) is 13.4. The van der Waals surface area contributed by atoms with Gasteiger partial charge in [0.1, 0.15) is 11.6 Å². The fourth-order valence-corrected chi connectivity index (χ4v) is 5.68. The van der Waals surface area contributed by atoms with Gasteiger partial charge < -0.3 is 35.0 Å². The summed E-state index contributed by atoms with van der Waals surface area (Å²) in [6.07, 6.45) is 1.28. The zero-order valence-electron chi connectivity index (χ0n) is 25.7. The van der Waals surface area contributed by atoms with Crippen molar-refractivity contribution in [3.05, 3.63) is 65.6 Å². The van der Waals surface area contributed by atoms with E-state index in [1.165, 1.54) is 29.5 Å². The van der Waals surface area contributed by atoms with Crippen molar-refractivity contribution in [2.45, 2.75) is 70.2 Å². The van der Waals surface area contributed by atoms with Gasteiger partial charge in [-0.3, -0.25) is 19.3 Å². The number of fused-ring (bicyclic) bond motifs is 1. The van der Waals surface area contributed by atoms with Gasteiger partial charge in [0.2, 0.25) is 5.91 Å². The summed E-state index contributed by atoms with van der Waals surface area (Å²) in [4.78, 5) is 44.9. The van der Waals surface area contributed by atoms with Crippen LogP contribution >= 0.6 is 0 Å². The van der Waals surface area contributed by atoms with E-state index >= 15 is 0 Å². The van der Waals surface area contributed by atoms with Crippen LogP contribution in [-0.2, 0) is 31.3 Å². The summed E-state index contributed by atoms with van der Waals surface area (Å²) >= 11 is 0. The molecule has 5 N–H and O–H groups in total. The number of aliphatic carboxylic acids is 3. The van der Waals surface area contributed by atoms with E-state index in [1.807, 2.05) is 12.1 Å². The van der Waals surface area contributed by atoms with Crippen molar-refractivity contribution < 1.29 is 48.7 Å². The highest BCUT2D eigenvalue weighted by molar-refractivity contribution is 5.88. The van der Waals surface area contributed by atoms with Crippen LogP contribution in [0.25, 0.3) is 10.9 Å². The van der Waals surface area contributed by atoms with E-state index in [1.54, 1.807) is 19.2 Å². The van der Waals surface area contributed by atoms with E-state index < -0.39 is 41.9 Å². The third kappa shape index (κ3) is 8.58. The molecule has 1 aromatic heterocycles. The number of carboxylic acid groups (broad SMARTS) is 3. The van der Waals surface area contributed by atoms with Crippen LogP contribution in [0, 0.1) is 5.82 Å². The maximum absolute atomic E-state index is 14.7. The quantitative estimate of drug-likeness (QED) is 0.210. The zero-order chi connectivity index (χ0) is 33.5. The minimum atomic E-state index is -2.74. The Morgan fingerprint density at radius 2 is 1.62 bits per heavy atom. The van der Waals surface area contributed by atoms with Gasteiger partial charge in [-0.25, -0.2) is 9.18 Å². The largest absolute Gasteiger partial charge is 0.497 e. The number of amides is 1. The number of rotatable bonds is 11. The smallest absolute Gasteiger partial charge is 0.336 e. The highest BCUT2D eigenvalue weighted by Gasteiger charge is 2.41. The summed E-state index contributed by atoms with van der Waals surface area (Å²) in [5.74, 6) is -4.56. The highest BCUT2D eigenvalue weighted by atomic mass is 19.1. The van der Waals surface area contributed by atoms with Crippen LogP contribution in [0.4, 0.5) is 4.39 Å². The number of nitrogens with zero attached hydrogens (tertiary/aromatic N) is 2. The van der Waals surface area contributed by atoms with Gasteiger partial charge >= 0.3 is 17.9 Å². The third-order valence-electron chi connectivity index (χ3n) is 7.87. The van der Waals surface area contributed by atoms with Gasteiger partial charge in [-0.15, -0.1) is 0 Å². The van der Waals surface area contributed by atoms with Crippen LogP contribution in [0.1, 0.15) is 63.6 Å². The number of nitrogens with one attached hydrogen (secondary N) is 1. The predicted octanol–water partition coefficient (Wildman–Crippen LogP) is 3.75. The maximum Gasteiger partial charge on any atom is 0.336 e. The number of carbonyl (C=O) groups is 4. The van der Waals surface area contributed by atoms with Crippen LogP contribution in [0.2, 0.25) is 0 Å². The fraction of sp³-hybridized carbons (Fsp3) is 0.438. The zero-order valence-corrected chi connectivity index (χ0v) is 25.7. The molecule has 1 fully saturated rings. The Labute approximate surface area is 260 Å². The minimum absolute atomic E-state index is 0.131. The Hall–Kier alpha value is -4.49. The number of likely N-dealkylation sites (tertiary alicyclic amines) is 1. The van der Waals surface area contributed by atoms with Crippen LogP contribution in [0.3, 0.4) is 0 Å². The van der Waals surface area contributed by atoms with Gasteiger partial charge in [-0.1, -0.05) is 18.2 Å². The maximum atomic E-state index is 14.7. The Morgan fingerprint density at radius 3 is 2.11 bits per heavy atom. The Balaban J connectivity index is 0.000000360. The number of aromatic nitrogens is 1. The van der Waals surface area contributed by atoms with Gasteiger partial charge in [-0.05, 0) is 56.5 Å². The molecule has 4 rings (SSSR count). The number of halogens is 1. The molecule has 0 aliphatic carbocycles. The lowest BCUT2D eigenvalue weighted by molar-refractivity contribution is -0.170. The van der Waals surface area contributed by atoms with E-state index in [9.17, 15) is 23.6 Å². The molecule has 2 heterocycles. The molecule has 0 unspecified atom stereocenters. The number of methoxy groups -OCH3 is 1. The first kappa shape index (κ1) is 35.0. The standard InChI is InChI=1S/C26H32FN3O2.C6H8O7/c1-18(2)30-17-20(22-15-21(32-4)9-10-25(22)30)16-29-13-11-26(12-14-29,28-19(3)31)23-7-5-6-8-24(23)27;7-3(8)1-6(13,5(11)12)2-4(9)10/h5-10,15,17-18H,11-14,16H2,1-4H3,(H,28,31);13H,1-2H2,(H,7,8)(H,9,10)(H,11,12). The van der Waals surface area contributed by atoms with E-state index in [0.717, 1.165) is 25.4 Å². The molecule has 0 radical (unpaired) electrons. The van der Waals surface area contributed by atoms with Gasteiger partial charge in [0, 0.05) is 55.3 Å². The number of hydrogen-bond donors (Lipinski definition) is 5. The second kappa shape index (κ2) is 14.5. The number of piperidine rings is 1. The summed E-state index contributed by atoms with van der Waals surface area (Å²) in [5.41, 5.74) is -0.367. The number of ether oxygens (including phenoxy) is 1. The molecule has 2 aromatic carbocycles. The average molecular weight is 630 g/mol. The van der Waals surface area contributed by atoms with Crippen molar-refractivity contribution in [3.8, 4) is 5.75 Å². The number of carbonyl (C=O) groups excluding carboxylic acids is 1. The molecular formula is C32H40FN3O9. The monoisotopic (exact) mass is 629 g/mol. The predicted molar refractivity (Wildman–Crippen MR) is 162 cm³/mol. The molecule has 45 heavy (non-hydrogen) atoms. The molecule has 3 aromatic rings. The first-order valence-electron chi connectivity index (χ1n) is 14.4. The van der Waals surface area contributed by atoms with E-state index in [2.05, 4.69) is 47.0 Å². The lowest BCUT2D eigenvalue weighted by Crippen LogP contribution is -2.52. The average Bonchev–Trinajstić information content (AvgIpc) is 3.31. The lowest BCUT2D eigenvalue weighted by Gasteiger charge is -2.42. The van der Waals surface area contributed by atoms with Crippen molar-refractivity contribution in [3.63, 3.8) is 0 Å². The molecule has 0 saturated carbocycles. The van der Waals surface area contributed by atoms with E-state index in [0.29, 0.717) is 24.4 Å². The Morgan fingerprint density at radius 1 is 1.02 bits per heavy atom. The van der Waals surface area contributed by atoms with Crippen LogP contribution in [0.15, 0.2) is 48.7 Å². The van der Waals surface area contributed by atoms with Crippen molar-refractivity contribution in [1.29, 1.82) is 0 Å². The first-order chi connectivity index (χ1) is 21.1. The summed E-state index contributed by atoms with van der Waals surface area (Å²) in [6.45, 7) is 8.22. The third-order valence-corrected chi connectivity index (χ3v) is 7.87. The molecule has 1 saturated heterocycles. The molecule has 0 spiro atoms. The Kier molecular flexibility index (Phi) is 11.3. The van der Waals surface area contributed by atoms with Crippen LogP contribution in [-0.4, -0.2) is 79.5 Å². The van der Waals surface area contributed by atoms with Gasteiger partial charge in [0.25, 0.3) is 0 Å². The molecule has 244 valence electrons. The lowest BCUT2D eigenvalue weighted by atomic mass is 9.80. The molecule has 12 nitrogen and oxygen atoms in total.